The molecule has 0 spiro atoms. The zero-order chi connectivity index (χ0) is 11.9. The van der Waals surface area contributed by atoms with Gasteiger partial charge in [0.25, 0.3) is 0 Å². The van der Waals surface area contributed by atoms with Crippen molar-refractivity contribution >= 4 is 22.6 Å². The second-order valence-corrected chi connectivity index (χ2v) is 3.31. The fraction of sp³-hybridized carbons (Fsp3) is 0. The maximum atomic E-state index is 11.6. The number of nitrogens with one attached hydrogen (secondary N) is 1. The van der Waals surface area contributed by atoms with Gasteiger partial charge in [-0.3, -0.25) is 4.79 Å². The number of fused-ring (bicyclic) bond motifs is 1. The van der Waals surface area contributed by atoms with E-state index in [1.165, 1.54) is 12.1 Å². The first-order valence-electron chi connectivity index (χ1n) is 4.38. The number of hydrogen-bond acceptors (Lipinski definition) is 4. The summed E-state index contributed by atoms with van der Waals surface area (Å²) < 4.78 is 0. The maximum Gasteiger partial charge on any atom is 0.352 e. The molecule has 0 saturated carbocycles. The molecule has 5 N–H and O–H groups in total. The quantitative estimate of drug-likeness (QED) is 0.522. The van der Waals surface area contributed by atoms with Gasteiger partial charge in [-0.15, -0.1) is 0 Å². The first-order chi connectivity index (χ1) is 7.49. The van der Waals surface area contributed by atoms with E-state index in [2.05, 4.69) is 4.98 Å². The van der Waals surface area contributed by atoms with Gasteiger partial charge in [0.05, 0.1) is 16.6 Å². The molecule has 0 unspecified atom stereocenters. The lowest BCUT2D eigenvalue weighted by molar-refractivity contribution is 0.0691. The molecule has 0 aliphatic rings. The molecule has 0 aliphatic heterocycles. The number of aromatic carboxylic acids is 1. The van der Waals surface area contributed by atoms with Gasteiger partial charge in [-0.25, -0.2) is 4.79 Å². The van der Waals surface area contributed by atoms with Gasteiger partial charge < -0.3 is 20.9 Å². The summed E-state index contributed by atoms with van der Waals surface area (Å²) >= 11 is 0. The van der Waals surface area contributed by atoms with Crippen LogP contribution in [0, 0.1) is 0 Å². The average molecular weight is 220 g/mol. The third-order valence-corrected chi connectivity index (χ3v) is 2.18. The van der Waals surface area contributed by atoms with Gasteiger partial charge in [-0.1, -0.05) is 0 Å². The molecule has 1 aromatic heterocycles. The molecule has 1 heterocycles. The molecule has 2 rings (SSSR count). The molecule has 1 aromatic carbocycles. The number of anilines is 1. The van der Waals surface area contributed by atoms with Crippen LogP contribution >= 0.6 is 0 Å². The number of phenolic OH excluding ortho intramolecular Hbond substituents is 1. The fourth-order valence-electron chi connectivity index (χ4n) is 1.48. The van der Waals surface area contributed by atoms with Crippen molar-refractivity contribution in [2.75, 3.05) is 5.73 Å². The molecule has 0 bridgehead atoms. The number of carbonyl (C=O) groups is 1. The van der Waals surface area contributed by atoms with Gasteiger partial charge in [0.2, 0.25) is 0 Å². The van der Waals surface area contributed by atoms with Crippen molar-refractivity contribution in [3.63, 3.8) is 0 Å². The molecule has 0 saturated heterocycles. The molecule has 16 heavy (non-hydrogen) atoms. The zero-order valence-electron chi connectivity index (χ0n) is 8.02. The molecule has 0 fully saturated rings. The number of hydrogen-bond donors (Lipinski definition) is 4. The minimum absolute atomic E-state index is 0.121. The predicted octanol–water partition coefficient (Wildman–Crippen LogP) is 0.514. The van der Waals surface area contributed by atoms with Crippen LogP contribution < -0.4 is 11.2 Å². The van der Waals surface area contributed by atoms with Gasteiger partial charge in [0.1, 0.15) is 11.4 Å². The SMILES string of the molecule is Nc1cc(O)cc2c(=O)cc(C(=O)O)[nH]c12. The van der Waals surface area contributed by atoms with Crippen molar-refractivity contribution in [2.24, 2.45) is 0 Å². The van der Waals surface area contributed by atoms with Crippen molar-refractivity contribution in [3.05, 3.63) is 34.1 Å². The van der Waals surface area contributed by atoms with Crippen LogP contribution in [0.5, 0.6) is 5.75 Å². The van der Waals surface area contributed by atoms with Crippen LogP contribution in [0.25, 0.3) is 10.9 Å². The van der Waals surface area contributed by atoms with Gasteiger partial charge in [-0.05, 0) is 6.07 Å². The highest BCUT2D eigenvalue weighted by atomic mass is 16.4. The zero-order valence-corrected chi connectivity index (χ0v) is 8.02. The molecule has 82 valence electrons. The van der Waals surface area contributed by atoms with Gasteiger partial charge >= 0.3 is 5.97 Å². The predicted molar refractivity (Wildman–Crippen MR) is 57.6 cm³/mol. The standard InChI is InChI=1S/C10H8N2O4/c11-6-2-4(13)1-5-8(14)3-7(10(15)16)12-9(5)6/h1-3,13H,11H2,(H,12,14)(H,15,16). The number of carboxylic acid groups (broad SMARTS) is 1. The number of benzene rings is 1. The molecule has 2 aromatic rings. The Kier molecular flexibility index (Phi) is 2.05. The van der Waals surface area contributed by atoms with E-state index in [4.69, 9.17) is 10.8 Å². The highest BCUT2D eigenvalue weighted by Gasteiger charge is 2.10. The first kappa shape index (κ1) is 10.0. The Morgan fingerprint density at radius 3 is 2.62 bits per heavy atom. The molecule has 0 atom stereocenters. The number of pyridine rings is 1. The van der Waals surface area contributed by atoms with Crippen LogP contribution in [0.4, 0.5) is 5.69 Å². The number of H-pyrrole nitrogens is 1. The van der Waals surface area contributed by atoms with Crippen LogP contribution in [-0.2, 0) is 0 Å². The monoisotopic (exact) mass is 220 g/mol. The molecular weight excluding hydrogens is 212 g/mol. The number of rotatable bonds is 1. The number of carboxylic acids is 1. The summed E-state index contributed by atoms with van der Waals surface area (Å²) in [4.78, 5) is 24.8. The van der Waals surface area contributed by atoms with E-state index in [0.29, 0.717) is 0 Å². The maximum absolute atomic E-state index is 11.6. The number of aromatic nitrogens is 1. The van der Waals surface area contributed by atoms with Gasteiger partial charge in [0.15, 0.2) is 5.43 Å². The van der Waals surface area contributed by atoms with Crippen LogP contribution in [0.3, 0.4) is 0 Å². The Hall–Kier alpha value is -2.50. The summed E-state index contributed by atoms with van der Waals surface area (Å²) in [5, 5.41) is 18.2. The summed E-state index contributed by atoms with van der Waals surface area (Å²) in [5.41, 5.74) is 5.16. The summed E-state index contributed by atoms with van der Waals surface area (Å²) in [6.07, 6.45) is 0. The number of aromatic hydroxyl groups is 1. The summed E-state index contributed by atoms with van der Waals surface area (Å²) in [5.74, 6) is -1.38. The van der Waals surface area contributed by atoms with E-state index < -0.39 is 11.4 Å². The van der Waals surface area contributed by atoms with E-state index >= 15 is 0 Å². The third kappa shape index (κ3) is 1.46. The minimum atomic E-state index is -1.24. The number of nitrogen functional groups attached to an aromatic ring is 1. The van der Waals surface area contributed by atoms with E-state index in [1.807, 2.05) is 0 Å². The topological polar surface area (TPSA) is 116 Å². The van der Waals surface area contributed by atoms with Gasteiger partial charge in [-0.2, -0.15) is 0 Å². The van der Waals surface area contributed by atoms with Crippen molar-refractivity contribution in [1.82, 2.24) is 4.98 Å². The molecule has 0 aliphatic carbocycles. The second-order valence-electron chi connectivity index (χ2n) is 3.31. The Bertz CT molecular complexity index is 645. The number of aromatic amines is 1. The lowest BCUT2D eigenvalue weighted by Gasteiger charge is -2.04. The molecule has 6 nitrogen and oxygen atoms in total. The molecule has 0 amide bonds. The van der Waals surface area contributed by atoms with E-state index in [1.54, 1.807) is 0 Å². The normalized spacial score (nSPS) is 10.5. The third-order valence-electron chi connectivity index (χ3n) is 2.18. The Morgan fingerprint density at radius 1 is 1.31 bits per heavy atom. The Morgan fingerprint density at radius 2 is 2.00 bits per heavy atom. The summed E-state index contributed by atoms with van der Waals surface area (Å²) in [6, 6.07) is 3.42. The van der Waals surface area contributed by atoms with Crippen molar-refractivity contribution < 1.29 is 15.0 Å². The van der Waals surface area contributed by atoms with Crippen molar-refractivity contribution in [1.29, 1.82) is 0 Å². The molecule has 0 radical (unpaired) electrons. The van der Waals surface area contributed by atoms with E-state index in [0.717, 1.165) is 6.07 Å². The van der Waals surface area contributed by atoms with E-state index in [-0.39, 0.29) is 28.0 Å². The number of phenols is 1. The molecule has 6 heteroatoms. The largest absolute Gasteiger partial charge is 0.508 e. The summed E-state index contributed by atoms with van der Waals surface area (Å²) in [7, 11) is 0. The second kappa shape index (κ2) is 3.27. The van der Waals surface area contributed by atoms with Crippen LogP contribution in [-0.4, -0.2) is 21.2 Å². The highest BCUT2D eigenvalue weighted by Crippen LogP contribution is 2.22. The van der Waals surface area contributed by atoms with Crippen LogP contribution in [0.1, 0.15) is 10.5 Å². The smallest absolute Gasteiger partial charge is 0.352 e. The van der Waals surface area contributed by atoms with Crippen LogP contribution in [0.15, 0.2) is 23.0 Å². The molecular formula is C10H8N2O4. The minimum Gasteiger partial charge on any atom is -0.508 e. The highest BCUT2D eigenvalue weighted by molar-refractivity contribution is 5.94. The fourth-order valence-corrected chi connectivity index (χ4v) is 1.48. The Balaban J connectivity index is 2.93. The van der Waals surface area contributed by atoms with Crippen molar-refractivity contribution in [2.45, 2.75) is 0 Å². The lowest BCUT2D eigenvalue weighted by atomic mass is 10.1. The van der Waals surface area contributed by atoms with Gasteiger partial charge in [0, 0.05) is 12.1 Å². The average Bonchev–Trinajstić information content (AvgIpc) is 2.19. The van der Waals surface area contributed by atoms with Crippen LogP contribution in [0.2, 0.25) is 0 Å². The van der Waals surface area contributed by atoms with E-state index in [9.17, 15) is 14.7 Å². The first-order valence-corrected chi connectivity index (χ1v) is 4.38. The Labute approximate surface area is 88.9 Å². The lowest BCUT2D eigenvalue weighted by Crippen LogP contribution is -2.10. The number of nitrogens with two attached hydrogens (primary N) is 1. The van der Waals surface area contributed by atoms with Crippen molar-refractivity contribution in [3.8, 4) is 5.75 Å². The summed E-state index contributed by atoms with van der Waals surface area (Å²) in [6.45, 7) is 0.